The normalized spacial score (nSPS) is 11.4. The van der Waals surface area contributed by atoms with E-state index in [9.17, 15) is 0 Å². The van der Waals surface area contributed by atoms with Crippen molar-refractivity contribution in [2.45, 2.75) is 13.1 Å². The summed E-state index contributed by atoms with van der Waals surface area (Å²) in [5.41, 5.74) is 2.53. The molecular formula is C20H24N2O2. The maximum Gasteiger partial charge on any atom is 0.0556 e. The highest BCUT2D eigenvalue weighted by Crippen LogP contribution is 2.32. The van der Waals surface area contributed by atoms with E-state index in [0.29, 0.717) is 13.1 Å². The van der Waals surface area contributed by atoms with Crippen molar-refractivity contribution in [1.29, 1.82) is 0 Å². The van der Waals surface area contributed by atoms with E-state index in [1.807, 2.05) is 0 Å². The number of benzene rings is 3. The van der Waals surface area contributed by atoms with Crippen LogP contribution in [0.3, 0.4) is 0 Å². The van der Waals surface area contributed by atoms with E-state index < -0.39 is 0 Å². The number of aliphatic hydroxyl groups excluding tert-OH is 2. The molecule has 3 aromatic rings. The number of fused-ring (bicyclic) bond motifs is 2. The first kappa shape index (κ1) is 16.9. The zero-order valence-corrected chi connectivity index (χ0v) is 13.8. The fourth-order valence-electron chi connectivity index (χ4n) is 3.27. The van der Waals surface area contributed by atoms with Gasteiger partial charge in [-0.05, 0) is 32.7 Å². The Morgan fingerprint density at radius 3 is 1.21 bits per heavy atom. The maximum atomic E-state index is 9.04. The van der Waals surface area contributed by atoms with E-state index in [0.717, 1.165) is 13.1 Å². The molecule has 0 fully saturated rings. The SMILES string of the molecule is OCCNCc1c2ccccc2c(CNCCO)c2ccccc12. The Morgan fingerprint density at radius 2 is 0.917 bits per heavy atom. The van der Waals surface area contributed by atoms with E-state index in [1.54, 1.807) is 0 Å². The molecule has 4 nitrogen and oxygen atoms in total. The number of rotatable bonds is 8. The molecule has 0 atom stereocenters. The molecule has 0 saturated heterocycles. The molecule has 0 aromatic heterocycles. The Bertz CT molecular complexity index is 692. The first-order chi connectivity index (χ1) is 11.9. The van der Waals surface area contributed by atoms with Crippen LogP contribution in [0.1, 0.15) is 11.1 Å². The minimum atomic E-state index is 0.138. The summed E-state index contributed by atoms with van der Waals surface area (Å²) in [6.45, 7) is 2.90. The highest BCUT2D eigenvalue weighted by molar-refractivity contribution is 6.05. The number of hydrogen-bond acceptors (Lipinski definition) is 4. The Hall–Kier alpha value is -1.98. The van der Waals surface area contributed by atoms with Crippen LogP contribution in [0.5, 0.6) is 0 Å². The fraction of sp³-hybridized carbons (Fsp3) is 0.300. The Balaban J connectivity index is 2.17. The topological polar surface area (TPSA) is 64.5 Å². The standard InChI is InChI=1S/C20H24N2O2/c23-11-9-21-13-19-15-5-1-2-6-16(15)20(14-22-10-12-24)18-8-4-3-7-17(18)19/h1-8,21-24H,9-14H2. The van der Waals surface area contributed by atoms with Gasteiger partial charge in [0.2, 0.25) is 0 Å². The van der Waals surface area contributed by atoms with Crippen LogP contribution in [0, 0.1) is 0 Å². The maximum absolute atomic E-state index is 9.04. The van der Waals surface area contributed by atoms with E-state index in [2.05, 4.69) is 59.2 Å². The summed E-state index contributed by atoms with van der Waals surface area (Å²) < 4.78 is 0. The van der Waals surface area contributed by atoms with Crippen molar-refractivity contribution < 1.29 is 10.2 Å². The van der Waals surface area contributed by atoms with E-state index >= 15 is 0 Å². The van der Waals surface area contributed by atoms with Gasteiger partial charge in [-0.15, -0.1) is 0 Å². The monoisotopic (exact) mass is 324 g/mol. The molecule has 126 valence electrons. The van der Waals surface area contributed by atoms with E-state index in [1.165, 1.54) is 32.7 Å². The first-order valence-corrected chi connectivity index (χ1v) is 8.41. The summed E-state index contributed by atoms with van der Waals surface area (Å²) in [7, 11) is 0. The largest absolute Gasteiger partial charge is 0.395 e. The molecular weight excluding hydrogens is 300 g/mol. The molecule has 3 rings (SSSR count). The molecule has 0 radical (unpaired) electrons. The Kier molecular flexibility index (Phi) is 5.77. The van der Waals surface area contributed by atoms with Crippen LogP contribution in [0.15, 0.2) is 48.5 Å². The molecule has 4 heteroatoms. The number of aliphatic hydroxyl groups is 2. The molecule has 0 heterocycles. The van der Waals surface area contributed by atoms with Crippen molar-refractivity contribution in [3.8, 4) is 0 Å². The predicted octanol–water partition coefficient (Wildman–Crippen LogP) is 2.16. The van der Waals surface area contributed by atoms with Gasteiger partial charge in [-0.3, -0.25) is 0 Å². The van der Waals surface area contributed by atoms with Gasteiger partial charge in [-0.1, -0.05) is 48.5 Å². The van der Waals surface area contributed by atoms with Gasteiger partial charge < -0.3 is 20.8 Å². The van der Waals surface area contributed by atoms with Crippen LogP contribution in [-0.4, -0.2) is 36.5 Å². The second-order valence-corrected chi connectivity index (χ2v) is 5.85. The zero-order chi connectivity index (χ0) is 16.8. The van der Waals surface area contributed by atoms with Gasteiger partial charge >= 0.3 is 0 Å². The van der Waals surface area contributed by atoms with Crippen LogP contribution in [-0.2, 0) is 13.1 Å². The minimum Gasteiger partial charge on any atom is -0.395 e. The highest BCUT2D eigenvalue weighted by Gasteiger charge is 2.12. The predicted molar refractivity (Wildman–Crippen MR) is 99.0 cm³/mol. The third-order valence-electron chi connectivity index (χ3n) is 4.34. The van der Waals surface area contributed by atoms with Gasteiger partial charge in [-0.2, -0.15) is 0 Å². The van der Waals surface area contributed by atoms with Gasteiger partial charge in [0.05, 0.1) is 13.2 Å². The van der Waals surface area contributed by atoms with Crippen LogP contribution < -0.4 is 10.6 Å². The lowest BCUT2D eigenvalue weighted by atomic mass is 9.91. The van der Waals surface area contributed by atoms with Crippen LogP contribution in [0.4, 0.5) is 0 Å². The second kappa shape index (κ2) is 8.22. The number of nitrogens with one attached hydrogen (secondary N) is 2. The molecule has 24 heavy (non-hydrogen) atoms. The first-order valence-electron chi connectivity index (χ1n) is 8.41. The molecule has 4 N–H and O–H groups in total. The summed E-state index contributed by atoms with van der Waals surface area (Å²) in [6, 6.07) is 16.9. The molecule has 0 saturated carbocycles. The molecule has 3 aromatic carbocycles. The smallest absolute Gasteiger partial charge is 0.0556 e. The van der Waals surface area contributed by atoms with Crippen LogP contribution in [0.2, 0.25) is 0 Å². The average Bonchev–Trinajstić information content (AvgIpc) is 2.63. The number of hydrogen-bond donors (Lipinski definition) is 4. The minimum absolute atomic E-state index is 0.138. The third kappa shape index (κ3) is 3.42. The highest BCUT2D eigenvalue weighted by atomic mass is 16.3. The lowest BCUT2D eigenvalue weighted by Gasteiger charge is -2.17. The molecule has 0 aliphatic heterocycles. The van der Waals surface area contributed by atoms with Crippen molar-refractivity contribution in [1.82, 2.24) is 10.6 Å². The lowest BCUT2D eigenvalue weighted by Crippen LogP contribution is -2.19. The van der Waals surface area contributed by atoms with Gasteiger partial charge in [0.25, 0.3) is 0 Å². The van der Waals surface area contributed by atoms with Gasteiger partial charge in [-0.25, -0.2) is 0 Å². The van der Waals surface area contributed by atoms with Crippen molar-refractivity contribution in [3.63, 3.8) is 0 Å². The van der Waals surface area contributed by atoms with Gasteiger partial charge in [0, 0.05) is 26.2 Å². The molecule has 0 aliphatic rings. The van der Waals surface area contributed by atoms with Gasteiger partial charge in [0.1, 0.15) is 0 Å². The fourth-order valence-corrected chi connectivity index (χ4v) is 3.27. The Labute approximate surface area is 142 Å². The molecule has 0 bridgehead atoms. The van der Waals surface area contributed by atoms with Crippen molar-refractivity contribution in [3.05, 3.63) is 59.7 Å². The van der Waals surface area contributed by atoms with Crippen molar-refractivity contribution in [2.24, 2.45) is 0 Å². The van der Waals surface area contributed by atoms with Crippen molar-refractivity contribution in [2.75, 3.05) is 26.3 Å². The second-order valence-electron chi connectivity index (χ2n) is 5.85. The van der Waals surface area contributed by atoms with Crippen molar-refractivity contribution >= 4 is 21.5 Å². The zero-order valence-electron chi connectivity index (χ0n) is 13.8. The average molecular weight is 324 g/mol. The molecule has 0 spiro atoms. The lowest BCUT2D eigenvalue weighted by molar-refractivity contribution is 0.291. The summed E-state index contributed by atoms with van der Waals surface area (Å²) in [5, 5.41) is 29.7. The van der Waals surface area contributed by atoms with Crippen LogP contribution in [0.25, 0.3) is 21.5 Å². The summed E-state index contributed by atoms with van der Waals surface area (Å²) in [4.78, 5) is 0. The van der Waals surface area contributed by atoms with Gasteiger partial charge in [0.15, 0.2) is 0 Å². The quantitative estimate of drug-likeness (QED) is 0.379. The third-order valence-corrected chi connectivity index (χ3v) is 4.34. The molecule has 0 aliphatic carbocycles. The molecule has 0 unspecified atom stereocenters. The summed E-state index contributed by atoms with van der Waals surface area (Å²) >= 11 is 0. The van der Waals surface area contributed by atoms with Crippen LogP contribution >= 0.6 is 0 Å². The molecule has 0 amide bonds. The van der Waals surface area contributed by atoms with E-state index in [4.69, 9.17) is 10.2 Å². The summed E-state index contributed by atoms with van der Waals surface area (Å²) in [6.07, 6.45) is 0. The van der Waals surface area contributed by atoms with E-state index in [-0.39, 0.29) is 13.2 Å². The Morgan fingerprint density at radius 1 is 0.583 bits per heavy atom. The summed E-state index contributed by atoms with van der Waals surface area (Å²) in [5.74, 6) is 0.